The third-order valence-corrected chi connectivity index (χ3v) is 6.68. The smallest absolute Gasteiger partial charge is 0.325 e. The Hall–Kier alpha value is -4.35. The number of nitrogens with two attached hydrogens (primary N) is 1. The maximum atomic E-state index is 14.4. The predicted octanol–water partition coefficient (Wildman–Crippen LogP) is 2.88. The molecule has 0 radical (unpaired) electrons. The molecule has 0 bridgehead atoms. The lowest BCUT2D eigenvalue weighted by Crippen LogP contribution is -2.70. The summed E-state index contributed by atoms with van der Waals surface area (Å²) in [5, 5.41) is 6.67. The van der Waals surface area contributed by atoms with Gasteiger partial charge in [-0.25, -0.2) is 18.6 Å². The molecule has 3 N–H and O–H groups in total. The zero-order valence-electron chi connectivity index (χ0n) is 21.5. The van der Waals surface area contributed by atoms with Crippen LogP contribution in [0.2, 0.25) is 0 Å². The number of rotatable bonds is 7. The van der Waals surface area contributed by atoms with Gasteiger partial charge in [0.2, 0.25) is 5.91 Å². The largest absolute Gasteiger partial charge is 0.384 e. The van der Waals surface area contributed by atoms with Crippen molar-refractivity contribution >= 4 is 29.5 Å². The standard InChI is InChI=1S/C26H29F2N7O3/c1-5-20(17-13-16(27)6-7-19(17)28)32-26(38)35-23(25(37)33(3)22-8-9-30-34(22)4)18(24(35)36)11-15-10-14(2)31-21(29)12-15/h6-10,12-13,18,20,23H,5,11H2,1-4H3,(H2,29,31)(H,32,38)/t18-,20-,23+/m1/s1. The maximum Gasteiger partial charge on any atom is 0.325 e. The first-order chi connectivity index (χ1) is 18.0. The van der Waals surface area contributed by atoms with Crippen LogP contribution in [0.5, 0.6) is 0 Å². The van der Waals surface area contributed by atoms with Gasteiger partial charge in [0.05, 0.1) is 18.2 Å². The van der Waals surface area contributed by atoms with Crippen LogP contribution in [0, 0.1) is 24.5 Å². The number of hydrogen-bond acceptors (Lipinski definition) is 6. The number of amides is 4. The summed E-state index contributed by atoms with van der Waals surface area (Å²) in [4.78, 5) is 46.6. The van der Waals surface area contributed by atoms with Gasteiger partial charge >= 0.3 is 6.03 Å². The van der Waals surface area contributed by atoms with Crippen LogP contribution in [0.4, 0.5) is 25.2 Å². The number of carbonyl (C=O) groups excluding carboxylic acids is 3. The molecule has 0 unspecified atom stereocenters. The average molecular weight is 526 g/mol. The monoisotopic (exact) mass is 525 g/mol. The van der Waals surface area contributed by atoms with E-state index < -0.39 is 47.5 Å². The van der Waals surface area contributed by atoms with Crippen molar-refractivity contribution in [3.05, 3.63) is 71.1 Å². The Bertz CT molecular complexity index is 1370. The van der Waals surface area contributed by atoms with Gasteiger partial charge in [-0.05, 0) is 55.7 Å². The topological polar surface area (TPSA) is 126 Å². The van der Waals surface area contributed by atoms with E-state index in [9.17, 15) is 23.2 Å². The van der Waals surface area contributed by atoms with Crippen molar-refractivity contribution in [2.75, 3.05) is 17.7 Å². The Kier molecular flexibility index (Phi) is 7.42. The number of pyridine rings is 1. The lowest BCUT2D eigenvalue weighted by Gasteiger charge is -2.46. The molecule has 3 aromatic rings. The van der Waals surface area contributed by atoms with Crippen LogP contribution in [0.15, 0.2) is 42.6 Å². The molecule has 1 fully saturated rings. The van der Waals surface area contributed by atoms with Crippen LogP contribution in [0.1, 0.15) is 36.2 Å². The molecule has 0 spiro atoms. The second kappa shape index (κ2) is 10.6. The van der Waals surface area contributed by atoms with Crippen molar-refractivity contribution in [1.82, 2.24) is 25.0 Å². The molecule has 0 aliphatic carbocycles. The summed E-state index contributed by atoms with van der Waals surface area (Å²) in [6.07, 6.45) is 1.90. The number of nitrogen functional groups attached to an aromatic ring is 1. The first kappa shape index (κ1) is 26.7. The van der Waals surface area contributed by atoms with Gasteiger partial charge in [-0.3, -0.25) is 24.1 Å². The van der Waals surface area contributed by atoms with Crippen molar-refractivity contribution in [1.29, 1.82) is 0 Å². The van der Waals surface area contributed by atoms with E-state index in [1.807, 2.05) is 0 Å². The second-order valence-electron chi connectivity index (χ2n) is 9.29. The van der Waals surface area contributed by atoms with E-state index in [0.29, 0.717) is 17.1 Å². The van der Waals surface area contributed by atoms with Crippen LogP contribution < -0.4 is 16.0 Å². The molecule has 12 heteroatoms. The maximum absolute atomic E-state index is 14.4. The molecule has 2 aromatic heterocycles. The third kappa shape index (κ3) is 5.06. The predicted molar refractivity (Wildman–Crippen MR) is 136 cm³/mol. The molecule has 200 valence electrons. The average Bonchev–Trinajstić information content (AvgIpc) is 3.29. The number of likely N-dealkylation sites (N-methyl/N-ethyl adjacent to an activating group) is 1. The molecule has 3 atom stereocenters. The van der Waals surface area contributed by atoms with E-state index in [2.05, 4.69) is 15.4 Å². The number of aromatic nitrogens is 3. The van der Waals surface area contributed by atoms with Crippen molar-refractivity contribution in [3.63, 3.8) is 0 Å². The molecular formula is C26H29F2N7O3. The Morgan fingerprint density at radius 1 is 1.21 bits per heavy atom. The number of anilines is 2. The summed E-state index contributed by atoms with van der Waals surface area (Å²) >= 11 is 0. The summed E-state index contributed by atoms with van der Waals surface area (Å²) < 4.78 is 29.7. The summed E-state index contributed by atoms with van der Waals surface area (Å²) in [6.45, 7) is 3.45. The van der Waals surface area contributed by atoms with Gasteiger partial charge in [0, 0.05) is 31.4 Å². The highest BCUT2D eigenvalue weighted by molar-refractivity contribution is 6.12. The fourth-order valence-corrected chi connectivity index (χ4v) is 4.80. The highest BCUT2D eigenvalue weighted by Gasteiger charge is 2.55. The molecule has 38 heavy (non-hydrogen) atoms. The van der Waals surface area contributed by atoms with Gasteiger partial charge < -0.3 is 11.1 Å². The van der Waals surface area contributed by atoms with Crippen molar-refractivity contribution < 1.29 is 23.2 Å². The fraction of sp³-hybridized carbons (Fsp3) is 0.346. The molecule has 4 rings (SSSR count). The molecule has 0 saturated carbocycles. The van der Waals surface area contributed by atoms with Gasteiger partial charge in [0.25, 0.3) is 5.91 Å². The van der Waals surface area contributed by atoms with Gasteiger partial charge in [-0.2, -0.15) is 5.10 Å². The zero-order chi connectivity index (χ0) is 27.7. The molecule has 10 nitrogen and oxygen atoms in total. The summed E-state index contributed by atoms with van der Waals surface area (Å²) in [5.74, 6) is -2.53. The van der Waals surface area contributed by atoms with Crippen LogP contribution >= 0.6 is 0 Å². The fourth-order valence-electron chi connectivity index (χ4n) is 4.80. The number of β-lactam (4-membered cyclic amide) rings is 1. The summed E-state index contributed by atoms with van der Waals surface area (Å²) in [5.41, 5.74) is 7.16. The second-order valence-corrected chi connectivity index (χ2v) is 9.29. The number of halogens is 2. The molecule has 1 aliphatic heterocycles. The highest BCUT2D eigenvalue weighted by Crippen LogP contribution is 2.34. The molecule has 1 saturated heterocycles. The van der Waals surface area contributed by atoms with E-state index in [1.54, 1.807) is 39.1 Å². The number of hydrogen-bond donors (Lipinski definition) is 2. The minimum atomic E-state index is -1.15. The number of nitrogens with one attached hydrogen (secondary N) is 1. The van der Waals surface area contributed by atoms with Gasteiger partial charge in [-0.1, -0.05) is 6.92 Å². The minimum Gasteiger partial charge on any atom is -0.384 e. The van der Waals surface area contributed by atoms with Gasteiger partial charge in [0.15, 0.2) is 0 Å². The van der Waals surface area contributed by atoms with Crippen LogP contribution in [-0.2, 0) is 23.1 Å². The van der Waals surface area contributed by atoms with Crippen molar-refractivity contribution in [2.24, 2.45) is 13.0 Å². The van der Waals surface area contributed by atoms with E-state index in [4.69, 9.17) is 5.73 Å². The first-order valence-corrected chi connectivity index (χ1v) is 12.1. The summed E-state index contributed by atoms with van der Waals surface area (Å²) in [7, 11) is 3.19. The van der Waals surface area contributed by atoms with Gasteiger partial charge in [0.1, 0.15) is 29.3 Å². The Morgan fingerprint density at radius 2 is 1.95 bits per heavy atom. The number of benzene rings is 1. The van der Waals surface area contributed by atoms with Crippen LogP contribution in [0.3, 0.4) is 0 Å². The minimum absolute atomic E-state index is 0.0528. The number of urea groups is 1. The molecule has 4 amide bonds. The highest BCUT2D eigenvalue weighted by atomic mass is 19.1. The lowest BCUT2D eigenvalue weighted by molar-refractivity contribution is -0.156. The first-order valence-electron chi connectivity index (χ1n) is 12.1. The Labute approximate surface area is 218 Å². The van der Waals surface area contributed by atoms with Crippen molar-refractivity contribution in [2.45, 2.75) is 38.8 Å². The number of aryl methyl sites for hydroxylation is 2. The van der Waals surface area contributed by atoms with Gasteiger partial charge in [-0.15, -0.1) is 0 Å². The van der Waals surface area contributed by atoms with E-state index in [1.165, 1.54) is 22.8 Å². The number of imide groups is 1. The van der Waals surface area contributed by atoms with E-state index in [0.717, 1.165) is 23.1 Å². The van der Waals surface area contributed by atoms with E-state index >= 15 is 0 Å². The van der Waals surface area contributed by atoms with Crippen molar-refractivity contribution in [3.8, 4) is 0 Å². The normalized spacial score (nSPS) is 17.6. The number of nitrogens with zero attached hydrogens (tertiary/aromatic N) is 5. The van der Waals surface area contributed by atoms with Crippen LogP contribution in [-0.4, -0.2) is 50.6 Å². The molecule has 1 aromatic carbocycles. The zero-order valence-corrected chi connectivity index (χ0v) is 21.5. The quantitative estimate of drug-likeness (QED) is 0.457. The Morgan fingerprint density at radius 3 is 2.58 bits per heavy atom. The third-order valence-electron chi connectivity index (χ3n) is 6.68. The molecule has 1 aliphatic rings. The van der Waals surface area contributed by atoms with Crippen LogP contribution in [0.25, 0.3) is 0 Å². The molecule has 3 heterocycles. The number of likely N-dealkylation sites (tertiary alicyclic amines) is 1. The van der Waals surface area contributed by atoms with E-state index in [-0.39, 0.29) is 24.2 Å². The summed E-state index contributed by atoms with van der Waals surface area (Å²) in [6, 6.07) is 5.03. The number of carbonyl (C=O) groups is 3. The SMILES string of the molecule is CC[C@@H](NC(=O)N1C(=O)[C@H](Cc2cc(C)nc(N)c2)[C@H]1C(=O)N(C)c1ccnn1C)c1cc(F)ccc1F. The molecular weight excluding hydrogens is 496 g/mol. The Balaban J connectivity index is 1.63. The lowest BCUT2D eigenvalue weighted by atomic mass is 9.81.